The van der Waals surface area contributed by atoms with Gasteiger partial charge in [0.2, 0.25) is 0 Å². The summed E-state index contributed by atoms with van der Waals surface area (Å²) in [6.45, 7) is 8.33. The monoisotopic (exact) mass is 277 g/mol. The van der Waals surface area contributed by atoms with Crippen LogP contribution < -0.4 is 4.90 Å². The summed E-state index contributed by atoms with van der Waals surface area (Å²) in [6, 6.07) is 8.06. The van der Waals surface area contributed by atoms with Gasteiger partial charge in [-0.3, -0.25) is 0 Å². The van der Waals surface area contributed by atoms with Crippen LogP contribution in [0.5, 0.6) is 5.75 Å². The fourth-order valence-electron chi connectivity index (χ4n) is 2.06. The zero-order chi connectivity index (χ0) is 14.8. The van der Waals surface area contributed by atoms with Crippen LogP contribution in [0.1, 0.15) is 20.8 Å². The molecule has 1 aromatic rings. The number of benzene rings is 1. The molecule has 1 aliphatic heterocycles. The molecule has 0 aromatic heterocycles. The van der Waals surface area contributed by atoms with E-state index in [0.717, 1.165) is 18.8 Å². The largest absolute Gasteiger partial charge is 0.508 e. The zero-order valence-electron chi connectivity index (χ0n) is 12.2. The van der Waals surface area contributed by atoms with Gasteiger partial charge in [0.1, 0.15) is 11.4 Å². The average Bonchev–Trinajstić information content (AvgIpc) is 2.38. The van der Waals surface area contributed by atoms with Gasteiger partial charge in [0.15, 0.2) is 0 Å². The van der Waals surface area contributed by atoms with Crippen LogP contribution in [0.2, 0.25) is 0 Å². The number of aromatic hydroxyl groups is 1. The third kappa shape index (κ3) is 3.79. The van der Waals surface area contributed by atoms with E-state index in [9.17, 15) is 9.90 Å². The Bertz CT molecular complexity index is 457. The van der Waals surface area contributed by atoms with Crippen LogP contribution in [0.15, 0.2) is 18.2 Å². The molecule has 0 bridgehead atoms. The first-order chi connectivity index (χ1) is 9.35. The predicted octanol–water partition coefficient (Wildman–Crippen LogP) is 2.25. The molecular weight excluding hydrogens is 256 g/mol. The van der Waals surface area contributed by atoms with Crippen molar-refractivity contribution in [2.75, 3.05) is 31.1 Å². The number of nitrogens with zero attached hydrogens (tertiary/aromatic N) is 2. The molecule has 0 spiro atoms. The molecule has 1 N–H and O–H groups in total. The van der Waals surface area contributed by atoms with Crippen molar-refractivity contribution in [1.29, 1.82) is 0 Å². The van der Waals surface area contributed by atoms with Gasteiger partial charge in [0.05, 0.1) is 0 Å². The van der Waals surface area contributed by atoms with Crippen LogP contribution >= 0.6 is 0 Å². The molecule has 1 heterocycles. The lowest BCUT2D eigenvalue weighted by Gasteiger charge is -2.36. The van der Waals surface area contributed by atoms with Crippen LogP contribution in [0.25, 0.3) is 0 Å². The summed E-state index contributed by atoms with van der Waals surface area (Å²) in [7, 11) is 0. The number of phenols is 1. The Morgan fingerprint density at radius 2 is 1.90 bits per heavy atom. The Hall–Kier alpha value is -1.91. The van der Waals surface area contributed by atoms with Crippen molar-refractivity contribution in [2.24, 2.45) is 0 Å². The molecule has 1 amide bonds. The van der Waals surface area contributed by atoms with E-state index in [-0.39, 0.29) is 11.8 Å². The van der Waals surface area contributed by atoms with Crippen molar-refractivity contribution in [3.63, 3.8) is 0 Å². The number of anilines is 1. The van der Waals surface area contributed by atoms with Crippen molar-refractivity contribution >= 4 is 11.8 Å². The minimum Gasteiger partial charge on any atom is -0.508 e. The van der Waals surface area contributed by atoms with Crippen molar-refractivity contribution in [1.82, 2.24) is 4.90 Å². The van der Waals surface area contributed by atoms with E-state index in [1.807, 2.05) is 26.8 Å². The van der Waals surface area contributed by atoms with Gasteiger partial charge in [0.25, 0.3) is 0 Å². The summed E-state index contributed by atoms with van der Waals surface area (Å²) >= 11 is 0. The Kier molecular flexibility index (Phi) is 4.06. The lowest BCUT2D eigenvalue weighted by atomic mass is 10.2. The minimum atomic E-state index is -0.459. The summed E-state index contributed by atoms with van der Waals surface area (Å²) in [5.41, 5.74) is 0.477. The Morgan fingerprint density at radius 1 is 1.25 bits per heavy atom. The molecule has 109 valence electrons. The zero-order valence-corrected chi connectivity index (χ0v) is 12.2. The lowest BCUT2D eigenvalue weighted by Crippen LogP contribution is -2.50. The van der Waals surface area contributed by atoms with Gasteiger partial charge in [-0.25, -0.2) is 4.79 Å². The Morgan fingerprint density at radius 3 is 2.40 bits per heavy atom. The summed E-state index contributed by atoms with van der Waals surface area (Å²) < 4.78 is 5.36. The number of hydrogen-bond donors (Lipinski definition) is 1. The fourth-order valence-corrected chi connectivity index (χ4v) is 2.06. The lowest BCUT2D eigenvalue weighted by molar-refractivity contribution is 0.0240. The molecule has 5 heteroatoms. The van der Waals surface area contributed by atoms with E-state index in [1.165, 1.54) is 0 Å². The Labute approximate surface area is 119 Å². The van der Waals surface area contributed by atoms with E-state index in [4.69, 9.17) is 4.74 Å². The predicted molar refractivity (Wildman–Crippen MR) is 77.0 cm³/mol. The summed E-state index contributed by atoms with van der Waals surface area (Å²) in [4.78, 5) is 15.8. The summed E-state index contributed by atoms with van der Waals surface area (Å²) in [5.74, 6) is 0.209. The van der Waals surface area contributed by atoms with Crippen LogP contribution in [0, 0.1) is 6.07 Å². The van der Waals surface area contributed by atoms with Gasteiger partial charge in [-0.05, 0) is 39.0 Å². The highest BCUT2D eigenvalue weighted by Crippen LogP contribution is 2.20. The first-order valence-corrected chi connectivity index (χ1v) is 6.79. The molecular formula is C15H21N2O3. The highest BCUT2D eigenvalue weighted by Gasteiger charge is 2.25. The maximum absolute atomic E-state index is 11.9. The smallest absolute Gasteiger partial charge is 0.410 e. The van der Waals surface area contributed by atoms with Gasteiger partial charge in [0, 0.05) is 37.9 Å². The van der Waals surface area contributed by atoms with Crippen LogP contribution in [-0.2, 0) is 4.74 Å². The third-order valence-electron chi connectivity index (χ3n) is 3.05. The topological polar surface area (TPSA) is 53.0 Å². The van der Waals surface area contributed by atoms with Crippen molar-refractivity contribution in [2.45, 2.75) is 26.4 Å². The summed E-state index contributed by atoms with van der Waals surface area (Å²) in [6.07, 6.45) is -0.258. The molecule has 0 unspecified atom stereocenters. The van der Waals surface area contributed by atoms with Crippen LogP contribution in [0.3, 0.4) is 0 Å². The molecule has 5 nitrogen and oxygen atoms in total. The van der Waals surface area contributed by atoms with Gasteiger partial charge in [-0.2, -0.15) is 0 Å². The standard InChI is InChI=1S/C15H21N2O3/c1-15(2,3)20-14(19)17-10-8-16(9-11-17)12-4-6-13(18)7-5-12/h4,6-7,18H,8-11H2,1-3H3. The quantitative estimate of drug-likeness (QED) is 0.855. The molecule has 2 rings (SSSR count). The Balaban J connectivity index is 1.89. The molecule has 20 heavy (non-hydrogen) atoms. The maximum atomic E-state index is 11.9. The highest BCUT2D eigenvalue weighted by atomic mass is 16.6. The maximum Gasteiger partial charge on any atom is 0.410 e. The molecule has 1 radical (unpaired) electrons. The molecule has 0 aliphatic carbocycles. The first kappa shape index (κ1) is 14.5. The number of carbonyl (C=O) groups excluding carboxylic acids is 1. The van der Waals surface area contributed by atoms with Gasteiger partial charge in [-0.1, -0.05) is 0 Å². The first-order valence-electron chi connectivity index (χ1n) is 6.79. The van der Waals surface area contributed by atoms with E-state index < -0.39 is 5.60 Å². The van der Waals surface area contributed by atoms with Crippen molar-refractivity contribution in [3.8, 4) is 5.75 Å². The van der Waals surface area contributed by atoms with E-state index >= 15 is 0 Å². The SMILES string of the molecule is CC(C)(C)OC(=O)N1CCN(c2[c]cc(O)cc2)CC1. The van der Waals surface area contributed by atoms with Gasteiger partial charge < -0.3 is 19.6 Å². The summed E-state index contributed by atoms with van der Waals surface area (Å²) in [5, 5.41) is 9.26. The molecule has 1 saturated heterocycles. The third-order valence-corrected chi connectivity index (χ3v) is 3.05. The normalized spacial score (nSPS) is 16.1. The van der Waals surface area contributed by atoms with E-state index in [0.29, 0.717) is 13.1 Å². The number of hydrogen-bond acceptors (Lipinski definition) is 4. The van der Waals surface area contributed by atoms with Crippen LogP contribution in [0.4, 0.5) is 10.5 Å². The van der Waals surface area contributed by atoms with E-state index in [1.54, 1.807) is 17.0 Å². The number of carbonyl (C=O) groups is 1. The molecule has 0 atom stereocenters. The van der Waals surface area contributed by atoms with Crippen LogP contribution in [-0.4, -0.2) is 47.9 Å². The second-order valence-corrected chi connectivity index (χ2v) is 5.89. The molecule has 1 aliphatic rings. The highest BCUT2D eigenvalue weighted by molar-refractivity contribution is 5.68. The number of ether oxygens (including phenoxy) is 1. The minimum absolute atomic E-state index is 0.209. The number of rotatable bonds is 1. The number of phenolic OH excluding ortho intramolecular Hbond substituents is 1. The van der Waals surface area contributed by atoms with E-state index in [2.05, 4.69) is 11.0 Å². The fraction of sp³-hybridized carbons (Fsp3) is 0.533. The van der Waals surface area contributed by atoms with Gasteiger partial charge >= 0.3 is 6.09 Å². The number of piperazine rings is 1. The average molecular weight is 277 g/mol. The van der Waals surface area contributed by atoms with Crippen molar-refractivity contribution < 1.29 is 14.6 Å². The van der Waals surface area contributed by atoms with Gasteiger partial charge in [-0.15, -0.1) is 0 Å². The molecule has 1 aromatic carbocycles. The molecule has 0 saturated carbocycles. The van der Waals surface area contributed by atoms with Crippen molar-refractivity contribution in [3.05, 3.63) is 24.3 Å². The second-order valence-electron chi connectivity index (χ2n) is 5.89. The second kappa shape index (κ2) is 5.61. The number of amides is 1. The molecule has 1 fully saturated rings.